The van der Waals surface area contributed by atoms with E-state index < -0.39 is 69.7 Å². The third kappa shape index (κ3) is 5.10. The summed E-state index contributed by atoms with van der Waals surface area (Å²) >= 11 is 0. The lowest BCUT2D eigenvalue weighted by Gasteiger charge is -2.50. The number of nitrogens with one attached hydrogen (secondary N) is 2. The van der Waals surface area contributed by atoms with Crippen molar-refractivity contribution in [1.29, 1.82) is 0 Å². The van der Waals surface area contributed by atoms with Crippen LogP contribution in [0.4, 0.5) is 11.4 Å². The molecule has 1 aromatic heterocycles. The minimum absolute atomic E-state index is 0.0257. The number of Topliss-reactive ketones (excluding diaryl/α,β-unsaturated/α-hetero) is 2. The number of carbonyl (C=O) groups excluding carboxylic acids is 4. The smallest absolute Gasteiger partial charge is 0.255 e. The van der Waals surface area contributed by atoms with Crippen LogP contribution < -0.4 is 21.3 Å². The first kappa shape index (κ1) is 31.6. The minimum Gasteiger partial charge on any atom is -0.508 e. The molecule has 2 amide bonds. The van der Waals surface area contributed by atoms with Crippen molar-refractivity contribution in [3.63, 3.8) is 0 Å². The minimum atomic E-state index is -2.74. The van der Waals surface area contributed by atoms with Gasteiger partial charge in [0.05, 0.1) is 29.5 Å². The molecule has 5 rings (SSSR count). The molecule has 3 aliphatic rings. The van der Waals surface area contributed by atoms with Crippen molar-refractivity contribution in [3.8, 4) is 5.75 Å². The van der Waals surface area contributed by atoms with E-state index in [1.165, 1.54) is 4.90 Å². The molecule has 1 fully saturated rings. The lowest BCUT2D eigenvalue weighted by atomic mass is 9.57. The number of pyridine rings is 1. The fraction of sp³-hybridized carbons (Fsp3) is 0.387. The van der Waals surface area contributed by atoms with Gasteiger partial charge in [-0.05, 0) is 56.6 Å². The SMILES string of the molecule is CN(C)c1cc(NC(=O)CNCc2ccccn2)c(O)c2c1C[C@H]1C[C@H]3[C@H](N(C)C)C(=O)C(C(N)=O)=C(O)[C@@]3(O)C(=O)C1=C2O. The van der Waals surface area contributed by atoms with Crippen molar-refractivity contribution in [3.05, 3.63) is 64.2 Å². The second kappa shape index (κ2) is 11.6. The van der Waals surface area contributed by atoms with Crippen LogP contribution in [0.1, 0.15) is 23.2 Å². The molecule has 3 aliphatic carbocycles. The summed E-state index contributed by atoms with van der Waals surface area (Å²) in [5, 5.41) is 51.4. The highest BCUT2D eigenvalue weighted by Crippen LogP contribution is 2.54. The van der Waals surface area contributed by atoms with E-state index in [4.69, 9.17) is 5.73 Å². The van der Waals surface area contributed by atoms with Crippen molar-refractivity contribution in [1.82, 2.24) is 15.2 Å². The van der Waals surface area contributed by atoms with Crippen LogP contribution in [0.3, 0.4) is 0 Å². The van der Waals surface area contributed by atoms with Gasteiger partial charge in [0.1, 0.15) is 22.8 Å². The van der Waals surface area contributed by atoms with Gasteiger partial charge in [0.25, 0.3) is 5.91 Å². The van der Waals surface area contributed by atoms with E-state index >= 15 is 0 Å². The van der Waals surface area contributed by atoms with Gasteiger partial charge in [-0.15, -0.1) is 0 Å². The van der Waals surface area contributed by atoms with E-state index in [0.717, 1.165) is 5.69 Å². The number of fused-ring (bicyclic) bond motifs is 3. The number of rotatable bonds is 8. The number of likely N-dealkylation sites (N-methyl/N-ethyl adjacent to an activating group) is 1. The van der Waals surface area contributed by atoms with Gasteiger partial charge in [-0.2, -0.15) is 0 Å². The molecule has 0 spiro atoms. The van der Waals surface area contributed by atoms with E-state index in [2.05, 4.69) is 15.6 Å². The van der Waals surface area contributed by atoms with E-state index in [0.29, 0.717) is 17.8 Å². The van der Waals surface area contributed by atoms with Gasteiger partial charge in [0.15, 0.2) is 11.4 Å². The van der Waals surface area contributed by atoms with Gasteiger partial charge in [0, 0.05) is 44.0 Å². The van der Waals surface area contributed by atoms with Gasteiger partial charge in [-0.1, -0.05) is 6.07 Å². The molecule has 14 nitrogen and oxygen atoms in total. The first-order valence-electron chi connectivity index (χ1n) is 14.3. The molecule has 1 heterocycles. The van der Waals surface area contributed by atoms with E-state index in [1.807, 2.05) is 6.07 Å². The summed E-state index contributed by atoms with van der Waals surface area (Å²) < 4.78 is 0. The molecular weight excluding hydrogens is 584 g/mol. The molecule has 1 aromatic carbocycles. The Morgan fingerprint density at radius 2 is 1.84 bits per heavy atom. The number of nitrogens with zero attached hydrogens (tertiary/aromatic N) is 3. The fourth-order valence-electron chi connectivity index (χ4n) is 6.79. The molecule has 4 atom stereocenters. The zero-order valence-corrected chi connectivity index (χ0v) is 25.3. The average molecular weight is 621 g/mol. The highest BCUT2D eigenvalue weighted by Gasteiger charge is 2.64. The number of benzene rings is 1. The summed E-state index contributed by atoms with van der Waals surface area (Å²) in [6.45, 7) is 0.207. The zero-order valence-electron chi connectivity index (χ0n) is 25.3. The number of phenolic OH excluding ortho intramolecular Hbond substituents is 1. The number of hydrogen-bond donors (Lipinski definition) is 7. The van der Waals surface area contributed by atoms with Gasteiger partial charge in [0.2, 0.25) is 11.7 Å². The Morgan fingerprint density at radius 3 is 2.44 bits per heavy atom. The second-order valence-electron chi connectivity index (χ2n) is 12.0. The Morgan fingerprint density at radius 1 is 1.13 bits per heavy atom. The fourth-order valence-corrected chi connectivity index (χ4v) is 6.79. The third-order valence-corrected chi connectivity index (χ3v) is 8.77. The maximum absolute atomic E-state index is 14.1. The van der Waals surface area contributed by atoms with Crippen LogP contribution in [0, 0.1) is 11.8 Å². The third-order valence-electron chi connectivity index (χ3n) is 8.77. The zero-order chi connectivity index (χ0) is 33.0. The topological polar surface area (TPSA) is 219 Å². The van der Waals surface area contributed by atoms with Crippen LogP contribution in [0.2, 0.25) is 0 Å². The summed E-state index contributed by atoms with van der Waals surface area (Å²) in [6, 6.07) is 5.78. The van der Waals surface area contributed by atoms with Crippen molar-refractivity contribution >= 4 is 40.5 Å². The molecule has 45 heavy (non-hydrogen) atoms. The average Bonchev–Trinajstić information content (AvgIpc) is 2.96. The van der Waals surface area contributed by atoms with Crippen LogP contribution in [0.25, 0.3) is 5.76 Å². The normalized spacial score (nSPS) is 24.3. The molecule has 0 radical (unpaired) electrons. The number of aliphatic hydroxyl groups is 3. The number of phenols is 1. The number of aliphatic hydroxyl groups excluding tert-OH is 2. The van der Waals surface area contributed by atoms with E-state index in [1.54, 1.807) is 57.5 Å². The Balaban J connectivity index is 1.56. The number of anilines is 2. The van der Waals surface area contributed by atoms with E-state index in [9.17, 15) is 39.6 Å². The van der Waals surface area contributed by atoms with Crippen LogP contribution in [0.15, 0.2) is 47.4 Å². The first-order chi connectivity index (χ1) is 21.2. The van der Waals surface area contributed by atoms with Crippen molar-refractivity contribution in [2.24, 2.45) is 17.6 Å². The highest BCUT2D eigenvalue weighted by molar-refractivity contribution is 6.24. The lowest BCUT2D eigenvalue weighted by Crippen LogP contribution is -2.65. The lowest BCUT2D eigenvalue weighted by molar-refractivity contribution is -0.153. The Kier molecular flexibility index (Phi) is 8.16. The highest BCUT2D eigenvalue weighted by atomic mass is 16.3. The molecule has 0 aliphatic heterocycles. The van der Waals surface area contributed by atoms with Crippen molar-refractivity contribution < 1.29 is 39.6 Å². The maximum atomic E-state index is 14.1. The van der Waals surface area contributed by atoms with Crippen molar-refractivity contribution in [2.45, 2.75) is 31.0 Å². The van der Waals surface area contributed by atoms with Crippen LogP contribution >= 0.6 is 0 Å². The number of amides is 2. The van der Waals surface area contributed by atoms with Gasteiger partial charge < -0.3 is 41.7 Å². The van der Waals surface area contributed by atoms with Gasteiger partial charge >= 0.3 is 0 Å². The Labute approximate surface area is 258 Å². The molecule has 1 saturated carbocycles. The van der Waals surface area contributed by atoms with Gasteiger partial charge in [-0.3, -0.25) is 29.1 Å². The second-order valence-corrected chi connectivity index (χ2v) is 12.0. The number of primary amides is 1. The van der Waals surface area contributed by atoms with Crippen LogP contribution in [-0.2, 0) is 32.1 Å². The molecule has 238 valence electrons. The largest absolute Gasteiger partial charge is 0.508 e. The van der Waals surface area contributed by atoms with Crippen LogP contribution in [0.5, 0.6) is 5.75 Å². The van der Waals surface area contributed by atoms with E-state index in [-0.39, 0.29) is 36.2 Å². The van der Waals surface area contributed by atoms with Crippen molar-refractivity contribution in [2.75, 3.05) is 45.0 Å². The Bertz CT molecular complexity index is 1670. The molecule has 0 unspecified atom stereocenters. The summed E-state index contributed by atoms with van der Waals surface area (Å²) in [7, 11) is 6.56. The molecule has 14 heteroatoms. The summed E-state index contributed by atoms with van der Waals surface area (Å²) in [4.78, 5) is 59.7. The number of carbonyl (C=O) groups is 4. The molecule has 8 N–H and O–H groups in total. The van der Waals surface area contributed by atoms with Crippen LogP contribution in [-0.4, -0.2) is 100 Å². The number of aromatic hydroxyl groups is 1. The standard InChI is InChI=1S/C31H36N6O8/c1-36(2)19-11-18(35-20(38)13-33-12-15-7-5-6-8-34-15)25(39)22-16(19)9-14-10-17-24(37(3)4)27(41)23(30(32)44)29(43)31(17,45)28(42)21(14)26(22)40/h5-8,11,14,17,24,33,39-40,43,45H,9-10,12-13H2,1-4H3,(H2,32,44)(H,35,38)/t14-,17-,24-,31-/m0/s1. The quantitative estimate of drug-likeness (QED) is 0.155. The number of aromatic nitrogens is 1. The molecule has 0 bridgehead atoms. The van der Waals surface area contributed by atoms with Gasteiger partial charge in [-0.25, -0.2) is 0 Å². The maximum Gasteiger partial charge on any atom is 0.255 e. The molecule has 0 saturated heterocycles. The predicted octanol–water partition coefficient (Wildman–Crippen LogP) is 0.153. The monoisotopic (exact) mass is 620 g/mol. The number of hydrogen-bond acceptors (Lipinski definition) is 12. The molecule has 2 aromatic rings. The summed E-state index contributed by atoms with van der Waals surface area (Å²) in [5.41, 5.74) is 3.10. The predicted molar refractivity (Wildman–Crippen MR) is 163 cm³/mol. The first-order valence-corrected chi connectivity index (χ1v) is 14.3. The number of ketones is 2. The Hall–Kier alpha value is -4.79. The summed E-state index contributed by atoms with van der Waals surface area (Å²) in [6.07, 6.45) is 1.73. The number of nitrogens with two attached hydrogens (primary N) is 1. The summed E-state index contributed by atoms with van der Waals surface area (Å²) in [5.74, 6) is -7.92. The molecular formula is C31H36N6O8.